The number of hydrogen-bond acceptors (Lipinski definition) is 5. The number of benzene rings is 1. The van der Waals surface area contributed by atoms with Gasteiger partial charge in [-0.1, -0.05) is 12.1 Å². The molecule has 0 spiro atoms. The second-order valence-corrected chi connectivity index (χ2v) is 3.48. The Morgan fingerprint density at radius 3 is 2.46 bits per heavy atom. The van der Waals surface area contributed by atoms with Crippen LogP contribution in [0.15, 0.2) is 34.5 Å². The minimum Gasteiger partial charge on any atom is -0.323 e. The molecular formula is C6H5NO5S. The first-order valence-electron chi connectivity index (χ1n) is 3.12. The normalized spacial score (nSPS) is 10.8. The van der Waals surface area contributed by atoms with E-state index in [2.05, 4.69) is 10.2 Å². The molecule has 70 valence electrons. The molecule has 7 heteroatoms. The zero-order valence-corrected chi connectivity index (χ0v) is 7.06. The third-order valence-electron chi connectivity index (χ3n) is 1.26. The summed E-state index contributed by atoms with van der Waals surface area (Å²) in [4.78, 5) is 13.3. The molecule has 1 aromatic carbocycles. The summed E-state index contributed by atoms with van der Waals surface area (Å²) in [7, 11) is -4.38. The van der Waals surface area contributed by atoms with Crippen LogP contribution in [0.4, 0.5) is 0 Å². The summed E-state index contributed by atoms with van der Waals surface area (Å²) in [6, 6.07) is 5.11. The molecule has 13 heavy (non-hydrogen) atoms. The Balaban J connectivity index is 3.28. The summed E-state index contributed by atoms with van der Waals surface area (Å²) in [5.74, 6) is -0.306. The van der Waals surface area contributed by atoms with E-state index >= 15 is 0 Å². The van der Waals surface area contributed by atoms with Crippen LogP contribution in [-0.4, -0.2) is 13.0 Å². The van der Waals surface area contributed by atoms with Crippen LogP contribution in [0, 0.1) is 4.91 Å². The minimum absolute atomic E-state index is 0.306. The Hall–Kier alpha value is -1.47. The van der Waals surface area contributed by atoms with E-state index in [0.717, 1.165) is 6.07 Å². The van der Waals surface area contributed by atoms with Gasteiger partial charge in [-0.15, -0.1) is 4.91 Å². The van der Waals surface area contributed by atoms with Crippen molar-refractivity contribution in [2.45, 2.75) is 4.90 Å². The Morgan fingerprint density at radius 2 is 1.92 bits per heavy atom. The predicted octanol–water partition coefficient (Wildman–Crippen LogP) is 0.994. The lowest BCUT2D eigenvalue weighted by Crippen LogP contribution is -2.00. The van der Waals surface area contributed by atoms with Crippen molar-refractivity contribution in [3.05, 3.63) is 29.2 Å². The van der Waals surface area contributed by atoms with Gasteiger partial charge in [0, 0.05) is 0 Å². The number of hydrogen-bond donors (Lipinski definition) is 1. The quantitative estimate of drug-likeness (QED) is 0.449. The average Bonchev–Trinajstić information content (AvgIpc) is 2.04. The molecule has 0 radical (unpaired) electrons. The van der Waals surface area contributed by atoms with Crippen LogP contribution in [0.1, 0.15) is 0 Å². The van der Waals surface area contributed by atoms with E-state index in [1.165, 1.54) is 18.2 Å². The molecule has 1 rings (SSSR count). The molecule has 6 nitrogen and oxygen atoms in total. The van der Waals surface area contributed by atoms with Gasteiger partial charge in [-0.25, -0.2) is 0 Å². The highest BCUT2D eigenvalue weighted by Gasteiger charge is 2.16. The molecular weight excluding hydrogens is 198 g/mol. The zero-order chi connectivity index (χ0) is 9.90. The van der Waals surface area contributed by atoms with Gasteiger partial charge in [-0.2, -0.15) is 8.42 Å². The summed E-state index contributed by atoms with van der Waals surface area (Å²) >= 11 is 0. The molecule has 0 aliphatic rings. The first-order chi connectivity index (χ1) is 6.05. The van der Waals surface area contributed by atoms with Crippen molar-refractivity contribution < 1.29 is 17.8 Å². The van der Waals surface area contributed by atoms with Gasteiger partial charge in [-0.05, 0) is 12.1 Å². The Labute approximate surface area is 73.8 Å². The third kappa shape index (κ3) is 2.23. The first-order valence-corrected chi connectivity index (χ1v) is 4.56. The third-order valence-corrected chi connectivity index (χ3v) is 2.16. The second kappa shape index (κ2) is 3.50. The highest BCUT2D eigenvalue weighted by Crippen LogP contribution is 2.22. The second-order valence-electron chi connectivity index (χ2n) is 2.09. The standard InChI is InChI=1S/C6H5NO5S/c8-7-12-5-3-1-2-4-6(5)13(9,10)11/h1-4H,(H,9,10,11). The molecule has 1 aromatic rings. The van der Waals surface area contributed by atoms with Gasteiger partial charge in [0.2, 0.25) is 0 Å². The Morgan fingerprint density at radius 1 is 1.31 bits per heavy atom. The van der Waals surface area contributed by atoms with Crippen LogP contribution in [0.3, 0.4) is 0 Å². The molecule has 0 saturated carbocycles. The summed E-state index contributed by atoms with van der Waals surface area (Å²) in [5.41, 5.74) is 0. The van der Waals surface area contributed by atoms with Gasteiger partial charge < -0.3 is 4.84 Å². The molecule has 0 aliphatic carbocycles. The first kappa shape index (κ1) is 9.62. The SMILES string of the molecule is O=NOc1ccccc1S(=O)(=O)O. The Bertz CT molecular complexity index is 413. The fraction of sp³-hybridized carbons (Fsp3) is 0. The van der Waals surface area contributed by atoms with Crippen LogP contribution in [-0.2, 0) is 10.1 Å². The fourth-order valence-corrected chi connectivity index (χ4v) is 1.39. The van der Waals surface area contributed by atoms with Crippen molar-refractivity contribution in [2.24, 2.45) is 5.34 Å². The lowest BCUT2D eigenvalue weighted by Gasteiger charge is -2.00. The molecule has 0 amide bonds. The predicted molar refractivity (Wildman–Crippen MR) is 42.7 cm³/mol. The molecule has 0 heterocycles. The van der Waals surface area contributed by atoms with Gasteiger partial charge >= 0.3 is 0 Å². The van der Waals surface area contributed by atoms with Crippen molar-refractivity contribution >= 4 is 10.1 Å². The molecule has 0 aromatic heterocycles. The molecule has 0 fully saturated rings. The van der Waals surface area contributed by atoms with E-state index in [1.807, 2.05) is 0 Å². The van der Waals surface area contributed by atoms with Crippen LogP contribution in [0.25, 0.3) is 0 Å². The van der Waals surface area contributed by atoms with Crippen molar-refractivity contribution in [1.29, 1.82) is 0 Å². The van der Waals surface area contributed by atoms with Gasteiger partial charge in [0.25, 0.3) is 10.1 Å². The van der Waals surface area contributed by atoms with Crippen molar-refractivity contribution in [1.82, 2.24) is 0 Å². The molecule has 0 bridgehead atoms. The van der Waals surface area contributed by atoms with Crippen LogP contribution in [0.5, 0.6) is 5.75 Å². The van der Waals surface area contributed by atoms with Gasteiger partial charge in [0.05, 0.1) is 0 Å². The molecule has 1 N–H and O–H groups in total. The highest BCUT2D eigenvalue weighted by atomic mass is 32.2. The largest absolute Gasteiger partial charge is 0.323 e. The van der Waals surface area contributed by atoms with E-state index in [1.54, 1.807) is 0 Å². The van der Waals surface area contributed by atoms with E-state index in [-0.39, 0.29) is 5.75 Å². The maximum absolute atomic E-state index is 10.7. The summed E-state index contributed by atoms with van der Waals surface area (Å²) in [5, 5.41) is 2.05. The lowest BCUT2D eigenvalue weighted by molar-refractivity contribution is 0.324. The summed E-state index contributed by atoms with van der Waals surface area (Å²) in [6.45, 7) is 0. The smallest absolute Gasteiger partial charge is 0.298 e. The number of nitrogens with zero attached hydrogens (tertiary/aromatic N) is 1. The summed E-state index contributed by atoms with van der Waals surface area (Å²) < 4.78 is 30.0. The van der Waals surface area contributed by atoms with E-state index in [0.29, 0.717) is 0 Å². The lowest BCUT2D eigenvalue weighted by atomic mass is 10.3. The average molecular weight is 203 g/mol. The van der Waals surface area contributed by atoms with Crippen LogP contribution >= 0.6 is 0 Å². The van der Waals surface area contributed by atoms with Crippen LogP contribution in [0.2, 0.25) is 0 Å². The fourth-order valence-electron chi connectivity index (χ4n) is 0.779. The number of rotatable bonds is 3. The molecule has 0 saturated heterocycles. The molecule has 0 atom stereocenters. The van der Waals surface area contributed by atoms with Crippen molar-refractivity contribution in [2.75, 3.05) is 0 Å². The van der Waals surface area contributed by atoms with Gasteiger partial charge in [-0.3, -0.25) is 4.55 Å². The van der Waals surface area contributed by atoms with Gasteiger partial charge in [0.1, 0.15) is 4.90 Å². The van der Waals surface area contributed by atoms with E-state index < -0.39 is 15.0 Å². The monoisotopic (exact) mass is 203 g/mol. The summed E-state index contributed by atoms with van der Waals surface area (Å²) in [6.07, 6.45) is 0. The van der Waals surface area contributed by atoms with Crippen molar-refractivity contribution in [3.8, 4) is 5.75 Å². The van der Waals surface area contributed by atoms with Crippen molar-refractivity contribution in [3.63, 3.8) is 0 Å². The topological polar surface area (TPSA) is 93.0 Å². The zero-order valence-electron chi connectivity index (χ0n) is 6.25. The molecule has 0 aliphatic heterocycles. The maximum Gasteiger partial charge on any atom is 0.298 e. The molecule has 0 unspecified atom stereocenters. The minimum atomic E-state index is -4.38. The van der Waals surface area contributed by atoms with Gasteiger partial charge in [0.15, 0.2) is 11.1 Å². The van der Waals surface area contributed by atoms with E-state index in [9.17, 15) is 13.3 Å². The van der Waals surface area contributed by atoms with Crippen LogP contribution < -0.4 is 4.84 Å². The Kier molecular flexibility index (Phi) is 2.59. The number of para-hydroxylation sites is 1. The van der Waals surface area contributed by atoms with E-state index in [4.69, 9.17) is 4.55 Å². The maximum atomic E-state index is 10.7. The highest BCUT2D eigenvalue weighted by molar-refractivity contribution is 7.86.